The molecule has 0 spiro atoms. The Morgan fingerprint density at radius 2 is 1.89 bits per heavy atom. The van der Waals surface area contributed by atoms with Gasteiger partial charge >= 0.3 is 0 Å². The lowest BCUT2D eigenvalue weighted by Crippen LogP contribution is -1.84. The predicted octanol–water partition coefficient (Wildman–Crippen LogP) is 2.58. The van der Waals surface area contributed by atoms with Crippen LogP contribution in [0.5, 0.6) is 5.88 Å². The van der Waals surface area contributed by atoms with Crippen LogP contribution in [0.4, 0.5) is 0 Å². The van der Waals surface area contributed by atoms with Crippen molar-refractivity contribution in [3.8, 4) is 17.3 Å². The predicted molar refractivity (Wildman–Crippen MR) is 71.9 cm³/mol. The van der Waals surface area contributed by atoms with Crippen LogP contribution in [0.1, 0.15) is 0 Å². The zero-order valence-electron chi connectivity index (χ0n) is 9.91. The maximum Gasteiger partial charge on any atom is 0.200 e. The first-order chi connectivity index (χ1) is 9.33. The van der Waals surface area contributed by atoms with Crippen molar-refractivity contribution in [2.24, 2.45) is 0 Å². The van der Waals surface area contributed by atoms with Crippen molar-refractivity contribution in [1.29, 1.82) is 0 Å². The van der Waals surface area contributed by atoms with Gasteiger partial charge in [-0.2, -0.15) is 0 Å². The normalized spacial score (nSPS) is 11.4. The van der Waals surface area contributed by atoms with E-state index in [9.17, 15) is 5.11 Å². The van der Waals surface area contributed by atoms with E-state index < -0.39 is 0 Å². The van der Waals surface area contributed by atoms with Crippen LogP contribution in [0.15, 0.2) is 48.7 Å². The van der Waals surface area contributed by atoms with Crippen molar-refractivity contribution in [3.05, 3.63) is 48.7 Å². The van der Waals surface area contributed by atoms with Gasteiger partial charge in [-0.25, -0.2) is 9.50 Å². The molecule has 0 saturated carbocycles. The van der Waals surface area contributed by atoms with Gasteiger partial charge in [-0.05, 0) is 18.2 Å². The summed E-state index contributed by atoms with van der Waals surface area (Å²) in [7, 11) is 0. The van der Waals surface area contributed by atoms with E-state index in [1.165, 1.54) is 0 Å². The maximum absolute atomic E-state index is 10.1. The Hall–Kier alpha value is -2.82. The van der Waals surface area contributed by atoms with Crippen LogP contribution in [0.2, 0.25) is 0 Å². The van der Waals surface area contributed by atoms with E-state index >= 15 is 0 Å². The van der Waals surface area contributed by atoms with Crippen molar-refractivity contribution in [1.82, 2.24) is 19.6 Å². The average Bonchev–Trinajstić information content (AvgIpc) is 2.97. The monoisotopic (exact) mass is 250 g/mol. The summed E-state index contributed by atoms with van der Waals surface area (Å²) in [5.41, 5.74) is 2.26. The topological polar surface area (TPSA) is 66.2 Å². The molecule has 0 aliphatic rings. The van der Waals surface area contributed by atoms with Gasteiger partial charge in [-0.1, -0.05) is 24.3 Å². The summed E-state index contributed by atoms with van der Waals surface area (Å²) in [6.07, 6.45) is 1.83. The molecular weight excluding hydrogens is 240 g/mol. The molecule has 0 bridgehead atoms. The maximum atomic E-state index is 10.1. The first kappa shape index (κ1) is 10.1. The Kier molecular flexibility index (Phi) is 1.91. The average molecular weight is 250 g/mol. The van der Waals surface area contributed by atoms with Crippen LogP contribution in [0.25, 0.3) is 27.9 Å². The highest BCUT2D eigenvalue weighted by molar-refractivity contribution is 5.97. The molecule has 4 rings (SSSR count). The number of aromatic nitrogens is 4. The molecule has 0 saturated heterocycles. The van der Waals surface area contributed by atoms with Gasteiger partial charge in [0.05, 0.1) is 5.56 Å². The van der Waals surface area contributed by atoms with E-state index in [4.69, 9.17) is 0 Å². The minimum absolute atomic E-state index is 0.0945. The SMILES string of the molecule is Oc1[nH]c2ccccc2c1-c1nc2ccccn2n1. The van der Waals surface area contributed by atoms with E-state index in [1.54, 1.807) is 4.52 Å². The molecule has 0 aliphatic heterocycles. The van der Waals surface area contributed by atoms with E-state index in [1.807, 2.05) is 48.7 Å². The number of para-hydroxylation sites is 1. The Bertz CT molecular complexity index is 858. The fourth-order valence-corrected chi connectivity index (χ4v) is 2.29. The van der Waals surface area contributed by atoms with Gasteiger partial charge in [0.2, 0.25) is 5.88 Å². The summed E-state index contributed by atoms with van der Waals surface area (Å²) >= 11 is 0. The largest absolute Gasteiger partial charge is 0.494 e. The van der Waals surface area contributed by atoms with E-state index in [0.29, 0.717) is 11.4 Å². The van der Waals surface area contributed by atoms with Crippen molar-refractivity contribution < 1.29 is 5.11 Å². The number of hydrogen-bond acceptors (Lipinski definition) is 3. The number of nitrogens with zero attached hydrogens (tertiary/aromatic N) is 3. The molecule has 1 aromatic carbocycles. The van der Waals surface area contributed by atoms with Crippen molar-refractivity contribution in [2.75, 3.05) is 0 Å². The van der Waals surface area contributed by atoms with Gasteiger partial charge in [0, 0.05) is 17.1 Å². The van der Waals surface area contributed by atoms with Gasteiger partial charge in [0.1, 0.15) is 0 Å². The van der Waals surface area contributed by atoms with Crippen molar-refractivity contribution in [2.45, 2.75) is 0 Å². The first-order valence-corrected chi connectivity index (χ1v) is 5.94. The van der Waals surface area contributed by atoms with Crippen molar-refractivity contribution >= 4 is 16.6 Å². The number of aromatic hydroxyl groups is 1. The summed E-state index contributed by atoms with van der Waals surface area (Å²) < 4.78 is 1.69. The molecule has 4 aromatic rings. The number of pyridine rings is 1. The van der Waals surface area contributed by atoms with E-state index in [2.05, 4.69) is 15.1 Å². The molecule has 2 N–H and O–H groups in total. The number of aromatic amines is 1. The summed E-state index contributed by atoms with van der Waals surface area (Å²) in [5.74, 6) is 0.609. The molecule has 92 valence electrons. The molecule has 3 aromatic heterocycles. The highest BCUT2D eigenvalue weighted by Gasteiger charge is 2.16. The Labute approximate surface area is 108 Å². The fraction of sp³-hybridized carbons (Fsp3) is 0. The van der Waals surface area contributed by atoms with Gasteiger partial charge < -0.3 is 10.1 Å². The smallest absolute Gasteiger partial charge is 0.200 e. The molecule has 0 unspecified atom stereocenters. The number of hydrogen-bond donors (Lipinski definition) is 2. The Morgan fingerprint density at radius 1 is 1.05 bits per heavy atom. The standard InChI is InChI=1S/C14H10N4O/c19-14-12(9-5-1-2-6-10(9)15-14)13-16-11-7-3-4-8-18(11)17-13/h1-8,15,19H. The molecule has 0 aliphatic carbocycles. The summed E-state index contributed by atoms with van der Waals surface area (Å²) in [6.45, 7) is 0. The molecule has 5 heteroatoms. The molecule has 0 amide bonds. The lowest BCUT2D eigenvalue weighted by molar-refractivity contribution is 0.460. The second kappa shape index (κ2) is 3.58. The second-order valence-corrected chi connectivity index (χ2v) is 4.33. The molecule has 19 heavy (non-hydrogen) atoms. The van der Waals surface area contributed by atoms with Gasteiger partial charge in [0.25, 0.3) is 0 Å². The van der Waals surface area contributed by atoms with E-state index in [-0.39, 0.29) is 5.88 Å². The Balaban J connectivity index is 2.06. The molecule has 0 radical (unpaired) electrons. The van der Waals surface area contributed by atoms with Crippen molar-refractivity contribution in [3.63, 3.8) is 0 Å². The third-order valence-corrected chi connectivity index (χ3v) is 3.15. The quantitative estimate of drug-likeness (QED) is 0.545. The molecule has 5 nitrogen and oxygen atoms in total. The van der Waals surface area contributed by atoms with Gasteiger partial charge in [-0.3, -0.25) is 0 Å². The number of nitrogens with one attached hydrogen (secondary N) is 1. The molecular formula is C14H10N4O. The number of benzene rings is 1. The second-order valence-electron chi connectivity index (χ2n) is 4.33. The third-order valence-electron chi connectivity index (χ3n) is 3.15. The number of rotatable bonds is 1. The minimum Gasteiger partial charge on any atom is -0.494 e. The Morgan fingerprint density at radius 3 is 2.79 bits per heavy atom. The van der Waals surface area contributed by atoms with Gasteiger partial charge in [0.15, 0.2) is 11.5 Å². The lowest BCUT2D eigenvalue weighted by atomic mass is 10.1. The summed E-state index contributed by atoms with van der Waals surface area (Å²) in [6, 6.07) is 13.4. The summed E-state index contributed by atoms with van der Waals surface area (Å²) in [5, 5.41) is 15.4. The zero-order chi connectivity index (χ0) is 12.8. The van der Waals surface area contributed by atoms with Crippen LogP contribution in [-0.4, -0.2) is 24.7 Å². The summed E-state index contributed by atoms with van der Waals surface area (Å²) in [4.78, 5) is 7.37. The molecule has 3 heterocycles. The number of H-pyrrole nitrogens is 1. The van der Waals surface area contributed by atoms with Crippen LogP contribution in [0.3, 0.4) is 0 Å². The van der Waals surface area contributed by atoms with Crippen LogP contribution < -0.4 is 0 Å². The highest BCUT2D eigenvalue weighted by Crippen LogP contribution is 2.34. The minimum atomic E-state index is 0.0945. The fourth-order valence-electron chi connectivity index (χ4n) is 2.29. The number of fused-ring (bicyclic) bond motifs is 2. The van der Waals surface area contributed by atoms with Crippen LogP contribution in [-0.2, 0) is 0 Å². The lowest BCUT2D eigenvalue weighted by Gasteiger charge is -1.92. The zero-order valence-corrected chi connectivity index (χ0v) is 9.91. The highest BCUT2D eigenvalue weighted by atomic mass is 16.3. The third kappa shape index (κ3) is 1.41. The van der Waals surface area contributed by atoms with Crippen LogP contribution in [0, 0.1) is 0 Å². The first-order valence-electron chi connectivity index (χ1n) is 5.94. The molecule has 0 atom stereocenters. The van der Waals surface area contributed by atoms with E-state index in [0.717, 1.165) is 16.6 Å². The molecule has 0 fully saturated rings. The van der Waals surface area contributed by atoms with Crippen LogP contribution >= 0.6 is 0 Å². The van der Waals surface area contributed by atoms with Gasteiger partial charge in [-0.15, -0.1) is 5.10 Å².